The third-order valence-corrected chi connectivity index (χ3v) is 6.50. The predicted molar refractivity (Wildman–Crippen MR) is 98.2 cm³/mol. The predicted octanol–water partition coefficient (Wildman–Crippen LogP) is 4.28. The van der Waals surface area contributed by atoms with Gasteiger partial charge in [-0.1, -0.05) is 54.6 Å². The van der Waals surface area contributed by atoms with Gasteiger partial charge >= 0.3 is 0 Å². The summed E-state index contributed by atoms with van der Waals surface area (Å²) in [4.78, 5) is 12.8. The van der Waals surface area contributed by atoms with Crippen molar-refractivity contribution >= 4 is 11.4 Å². The van der Waals surface area contributed by atoms with Crippen LogP contribution in [-0.4, -0.2) is 16.5 Å². The summed E-state index contributed by atoms with van der Waals surface area (Å²) in [5, 5.41) is 11.8. The molecule has 25 heavy (non-hydrogen) atoms. The molecule has 2 aromatic rings. The van der Waals surface area contributed by atoms with Crippen molar-refractivity contribution in [3.8, 4) is 0 Å². The molecular weight excluding hydrogens is 308 g/mol. The zero-order valence-corrected chi connectivity index (χ0v) is 14.2. The first-order chi connectivity index (χ1) is 12.2. The van der Waals surface area contributed by atoms with Crippen LogP contribution in [0.1, 0.15) is 48.3 Å². The first-order valence-corrected chi connectivity index (χ1v) is 9.32. The van der Waals surface area contributed by atoms with Gasteiger partial charge in [0.05, 0.1) is 5.60 Å². The number of aryl methyl sites for hydroxylation is 1. The number of aliphatic hydroxyl groups is 1. The third-order valence-electron chi connectivity index (χ3n) is 6.50. The van der Waals surface area contributed by atoms with Crippen molar-refractivity contribution in [3.05, 3.63) is 76.9 Å². The standard InChI is InChI=1S/C23H22O2/c24-20-14-17-10-11-19-18-9-5-4-6-15(18)12-13-23(19,25)22(17)21(20)16-7-2-1-3-8-16/h1-9,17,19,25H,10-14H2/t17-,19-,23+/m1/s1. The highest BCUT2D eigenvalue weighted by atomic mass is 16.3. The Kier molecular flexibility index (Phi) is 3.26. The Balaban J connectivity index is 1.71. The fourth-order valence-corrected chi connectivity index (χ4v) is 5.46. The lowest BCUT2D eigenvalue weighted by molar-refractivity contribution is -0.113. The second kappa shape index (κ2) is 5.40. The largest absolute Gasteiger partial charge is 0.385 e. The summed E-state index contributed by atoms with van der Waals surface area (Å²) in [7, 11) is 0. The molecule has 2 heteroatoms. The maximum atomic E-state index is 12.8. The number of benzene rings is 2. The van der Waals surface area contributed by atoms with E-state index in [0.29, 0.717) is 6.42 Å². The molecule has 3 aliphatic carbocycles. The highest BCUT2D eigenvalue weighted by Crippen LogP contribution is 2.57. The van der Waals surface area contributed by atoms with Gasteiger partial charge in [0.2, 0.25) is 0 Å². The summed E-state index contributed by atoms with van der Waals surface area (Å²) in [6, 6.07) is 18.5. The van der Waals surface area contributed by atoms with Crippen LogP contribution < -0.4 is 0 Å². The van der Waals surface area contributed by atoms with E-state index in [-0.39, 0.29) is 17.6 Å². The summed E-state index contributed by atoms with van der Waals surface area (Å²) in [5.74, 6) is 0.543. The summed E-state index contributed by atoms with van der Waals surface area (Å²) in [6.45, 7) is 0. The second-order valence-electron chi connectivity index (χ2n) is 7.73. The highest BCUT2D eigenvalue weighted by Gasteiger charge is 2.53. The number of carbonyl (C=O) groups is 1. The van der Waals surface area contributed by atoms with Crippen molar-refractivity contribution in [1.82, 2.24) is 0 Å². The van der Waals surface area contributed by atoms with E-state index in [0.717, 1.165) is 42.4 Å². The van der Waals surface area contributed by atoms with Crippen LogP contribution in [0.3, 0.4) is 0 Å². The first kappa shape index (κ1) is 15.1. The quantitative estimate of drug-likeness (QED) is 0.847. The Labute approximate surface area is 148 Å². The van der Waals surface area contributed by atoms with E-state index in [1.807, 2.05) is 30.3 Å². The van der Waals surface area contributed by atoms with Crippen LogP contribution in [0, 0.1) is 5.92 Å². The van der Waals surface area contributed by atoms with Gasteiger partial charge in [-0.25, -0.2) is 0 Å². The Morgan fingerprint density at radius 1 is 0.960 bits per heavy atom. The van der Waals surface area contributed by atoms with Gasteiger partial charge in [-0.05, 0) is 53.9 Å². The van der Waals surface area contributed by atoms with Crippen LogP contribution in [0.5, 0.6) is 0 Å². The molecule has 5 rings (SSSR count). The van der Waals surface area contributed by atoms with Gasteiger partial charge in [0.15, 0.2) is 5.78 Å². The topological polar surface area (TPSA) is 37.3 Å². The van der Waals surface area contributed by atoms with E-state index in [4.69, 9.17) is 0 Å². The number of hydrogen-bond acceptors (Lipinski definition) is 2. The molecule has 0 spiro atoms. The fraction of sp³-hybridized carbons (Fsp3) is 0.348. The normalized spacial score (nSPS) is 30.7. The number of allylic oxidation sites excluding steroid dienone is 1. The number of hydrogen-bond donors (Lipinski definition) is 1. The van der Waals surface area contributed by atoms with Crippen LogP contribution in [0.2, 0.25) is 0 Å². The number of ketones is 1. The average Bonchev–Trinajstić information content (AvgIpc) is 2.99. The molecule has 3 atom stereocenters. The van der Waals surface area contributed by atoms with E-state index in [2.05, 4.69) is 24.3 Å². The summed E-state index contributed by atoms with van der Waals surface area (Å²) < 4.78 is 0. The molecule has 0 radical (unpaired) electrons. The molecule has 126 valence electrons. The molecule has 1 fully saturated rings. The third kappa shape index (κ3) is 2.10. The Morgan fingerprint density at radius 2 is 1.72 bits per heavy atom. The second-order valence-corrected chi connectivity index (χ2v) is 7.73. The zero-order chi connectivity index (χ0) is 17.0. The molecular formula is C23H22O2. The average molecular weight is 330 g/mol. The summed E-state index contributed by atoms with van der Waals surface area (Å²) in [5.41, 5.74) is 4.59. The number of rotatable bonds is 1. The molecule has 3 aliphatic rings. The van der Waals surface area contributed by atoms with E-state index in [1.54, 1.807) is 0 Å². The SMILES string of the molecule is O=C1C[C@H]2CC[C@@H]3c4ccccc4CC[C@@]3(O)C2=C1c1ccccc1. The molecule has 1 N–H and O–H groups in total. The smallest absolute Gasteiger partial charge is 0.164 e. The van der Waals surface area contributed by atoms with Gasteiger partial charge in [-0.15, -0.1) is 0 Å². The van der Waals surface area contributed by atoms with Gasteiger partial charge in [0, 0.05) is 17.9 Å². The van der Waals surface area contributed by atoms with Gasteiger partial charge in [-0.2, -0.15) is 0 Å². The van der Waals surface area contributed by atoms with E-state index >= 15 is 0 Å². The van der Waals surface area contributed by atoms with Crippen LogP contribution >= 0.6 is 0 Å². The molecule has 2 nitrogen and oxygen atoms in total. The lowest BCUT2D eigenvalue weighted by Crippen LogP contribution is -2.46. The van der Waals surface area contributed by atoms with Gasteiger partial charge in [0.1, 0.15) is 0 Å². The Hall–Kier alpha value is -2.19. The Morgan fingerprint density at radius 3 is 2.56 bits per heavy atom. The van der Waals surface area contributed by atoms with Gasteiger partial charge < -0.3 is 5.11 Å². The van der Waals surface area contributed by atoms with E-state index in [1.165, 1.54) is 11.1 Å². The minimum absolute atomic E-state index is 0.119. The van der Waals surface area contributed by atoms with Crippen molar-refractivity contribution in [2.24, 2.45) is 5.92 Å². The Bertz CT molecular complexity index is 880. The maximum Gasteiger partial charge on any atom is 0.164 e. The van der Waals surface area contributed by atoms with E-state index < -0.39 is 5.60 Å². The van der Waals surface area contributed by atoms with Crippen molar-refractivity contribution in [2.75, 3.05) is 0 Å². The maximum absolute atomic E-state index is 12.8. The number of Topliss-reactive ketones (excluding diaryl/α,β-unsaturated/α-hetero) is 1. The minimum Gasteiger partial charge on any atom is -0.385 e. The fourth-order valence-electron chi connectivity index (χ4n) is 5.46. The van der Waals surface area contributed by atoms with Crippen LogP contribution in [0.15, 0.2) is 60.2 Å². The molecule has 0 amide bonds. The van der Waals surface area contributed by atoms with Crippen LogP contribution in [0.4, 0.5) is 0 Å². The van der Waals surface area contributed by atoms with Gasteiger partial charge in [0.25, 0.3) is 0 Å². The van der Waals surface area contributed by atoms with E-state index in [9.17, 15) is 9.90 Å². The first-order valence-electron chi connectivity index (χ1n) is 9.32. The molecule has 0 bridgehead atoms. The molecule has 0 saturated heterocycles. The number of carbonyl (C=O) groups excluding carboxylic acids is 1. The van der Waals surface area contributed by atoms with Crippen LogP contribution in [0.25, 0.3) is 5.57 Å². The molecule has 2 aromatic carbocycles. The lowest BCUT2D eigenvalue weighted by atomic mass is 9.60. The van der Waals surface area contributed by atoms with Crippen molar-refractivity contribution < 1.29 is 9.90 Å². The van der Waals surface area contributed by atoms with Crippen molar-refractivity contribution in [2.45, 2.75) is 43.6 Å². The number of fused-ring (bicyclic) bond motifs is 5. The molecule has 0 unspecified atom stereocenters. The van der Waals surface area contributed by atoms with Crippen molar-refractivity contribution in [1.29, 1.82) is 0 Å². The summed E-state index contributed by atoms with van der Waals surface area (Å²) in [6.07, 6.45) is 4.14. The zero-order valence-electron chi connectivity index (χ0n) is 14.2. The molecule has 0 heterocycles. The highest BCUT2D eigenvalue weighted by molar-refractivity contribution is 6.24. The summed E-state index contributed by atoms with van der Waals surface area (Å²) >= 11 is 0. The molecule has 0 aliphatic heterocycles. The van der Waals surface area contributed by atoms with Crippen molar-refractivity contribution in [3.63, 3.8) is 0 Å². The van der Waals surface area contributed by atoms with Crippen LogP contribution in [-0.2, 0) is 11.2 Å². The molecule has 1 saturated carbocycles. The monoisotopic (exact) mass is 330 g/mol. The van der Waals surface area contributed by atoms with Gasteiger partial charge in [-0.3, -0.25) is 4.79 Å². The minimum atomic E-state index is -0.866. The molecule has 0 aromatic heterocycles. The lowest BCUT2D eigenvalue weighted by Gasteiger charge is -2.48.